The molecule has 4 heteroatoms. The van der Waals surface area contributed by atoms with E-state index < -0.39 is 0 Å². The second-order valence-corrected chi connectivity index (χ2v) is 13.6. The summed E-state index contributed by atoms with van der Waals surface area (Å²) < 4.78 is 7.33. The van der Waals surface area contributed by atoms with Crippen molar-refractivity contribution in [1.82, 2.24) is 9.97 Å². The number of benzene rings is 1. The van der Waals surface area contributed by atoms with Crippen molar-refractivity contribution < 1.29 is 9.22 Å². The lowest BCUT2D eigenvalue weighted by molar-refractivity contribution is -0.884. The molecule has 0 saturated carbocycles. The fourth-order valence-electron chi connectivity index (χ4n) is 5.64. The molecule has 46 heavy (non-hydrogen) atoms. The van der Waals surface area contributed by atoms with E-state index >= 15 is 0 Å². The number of nitrogens with zero attached hydrogens (tertiary/aromatic N) is 3. The molecule has 0 aliphatic carbocycles. The normalized spacial score (nSPS) is 11.0. The van der Waals surface area contributed by atoms with Crippen molar-refractivity contribution in [3.05, 3.63) is 89.0 Å². The molecule has 3 aromatic rings. The number of unbranched alkanes of at least 4 members (excludes halogenated alkanes) is 15. The molecule has 0 saturated heterocycles. The van der Waals surface area contributed by atoms with Crippen LogP contribution in [0.2, 0.25) is 0 Å². The predicted molar refractivity (Wildman–Crippen MR) is 194 cm³/mol. The predicted octanol–water partition coefficient (Wildman–Crippen LogP) is 10.1. The van der Waals surface area contributed by atoms with Crippen LogP contribution < -0.4 is 4.74 Å². The number of ether oxygens (including phenoxy) is 1. The Balaban J connectivity index is 1.54. The van der Waals surface area contributed by atoms with Crippen LogP contribution in [0.4, 0.5) is 0 Å². The van der Waals surface area contributed by atoms with Crippen LogP contribution >= 0.6 is 0 Å². The van der Waals surface area contributed by atoms with Gasteiger partial charge in [-0.3, -0.25) is 9.97 Å². The smallest absolute Gasteiger partial charge is 0.150 e. The van der Waals surface area contributed by atoms with Gasteiger partial charge in [0.1, 0.15) is 6.54 Å². The second-order valence-electron chi connectivity index (χ2n) is 13.6. The van der Waals surface area contributed by atoms with E-state index in [9.17, 15) is 0 Å². The number of pyridine rings is 2. The van der Waals surface area contributed by atoms with Gasteiger partial charge in [-0.25, -0.2) is 0 Å². The summed E-state index contributed by atoms with van der Waals surface area (Å²) in [6.45, 7) is 3.83. The van der Waals surface area contributed by atoms with Gasteiger partial charge in [-0.05, 0) is 42.8 Å². The first kappa shape index (κ1) is 36.9. The fourth-order valence-corrected chi connectivity index (χ4v) is 5.64. The maximum absolute atomic E-state index is 6.51. The van der Waals surface area contributed by atoms with Gasteiger partial charge < -0.3 is 9.22 Å². The highest BCUT2D eigenvalue weighted by Gasteiger charge is 2.15. The molecule has 4 nitrogen and oxygen atoms in total. The molecule has 0 aliphatic rings. The third-order valence-electron chi connectivity index (χ3n) is 8.09. The van der Waals surface area contributed by atoms with E-state index in [0.717, 1.165) is 45.5 Å². The first-order chi connectivity index (χ1) is 22.4. The Hall–Kier alpha value is -3.60. The van der Waals surface area contributed by atoms with E-state index in [1.54, 1.807) is 24.8 Å². The SMILES string of the molecule is CCCCCCCCCCCCCCCCCCOc1c(C#Cc2ccncc2)cc(C[N+](C)(C)C)cc1C#Cc1ccncc1. The first-order valence-electron chi connectivity index (χ1n) is 17.9. The fraction of sp³-hybridized carbons (Fsp3) is 0.524. The average Bonchev–Trinajstić information content (AvgIpc) is 3.05. The van der Waals surface area contributed by atoms with E-state index in [4.69, 9.17) is 4.74 Å². The van der Waals surface area contributed by atoms with Crippen LogP contribution in [0.15, 0.2) is 61.2 Å². The zero-order valence-electron chi connectivity index (χ0n) is 29.3. The lowest BCUT2D eigenvalue weighted by Crippen LogP contribution is -2.33. The Kier molecular flexibility index (Phi) is 17.6. The van der Waals surface area contributed by atoms with E-state index in [1.165, 1.54) is 102 Å². The molecule has 0 unspecified atom stereocenters. The van der Waals surface area contributed by atoms with Crippen LogP contribution in [0, 0.1) is 23.7 Å². The van der Waals surface area contributed by atoms with Gasteiger partial charge in [-0.1, -0.05) is 127 Å². The molecule has 0 amide bonds. The van der Waals surface area contributed by atoms with Gasteiger partial charge in [0.15, 0.2) is 5.75 Å². The van der Waals surface area contributed by atoms with Crippen LogP contribution in [-0.2, 0) is 6.54 Å². The van der Waals surface area contributed by atoms with Crippen molar-refractivity contribution in [2.24, 2.45) is 0 Å². The van der Waals surface area contributed by atoms with Crippen LogP contribution in [0.1, 0.15) is 137 Å². The standard InChI is InChI=1S/C42H58N3O/c1-5-6-7-8-9-10-11-12-13-14-15-16-17-18-19-20-33-46-42-40(23-21-37-25-29-43-30-26-37)34-39(36-45(2,3)4)35-41(42)24-22-38-27-31-44-32-28-38/h25-32,34-35H,5-20,33,36H2,1-4H3/q+1. The summed E-state index contributed by atoms with van der Waals surface area (Å²) in [5, 5.41) is 0. The molecule has 0 bridgehead atoms. The molecule has 2 aromatic heterocycles. The Labute approximate surface area is 281 Å². The highest BCUT2D eigenvalue weighted by molar-refractivity contribution is 5.60. The van der Waals surface area contributed by atoms with E-state index in [0.29, 0.717) is 6.61 Å². The second kappa shape index (κ2) is 22.0. The van der Waals surface area contributed by atoms with Gasteiger partial charge in [0.2, 0.25) is 0 Å². The maximum atomic E-state index is 6.51. The van der Waals surface area contributed by atoms with Crippen LogP contribution in [0.25, 0.3) is 0 Å². The summed E-state index contributed by atoms with van der Waals surface area (Å²) in [5.41, 5.74) is 4.83. The van der Waals surface area contributed by atoms with Crippen molar-refractivity contribution >= 4 is 0 Å². The Morgan fingerprint density at radius 3 is 1.33 bits per heavy atom. The molecular formula is C42H58N3O+. The van der Waals surface area contributed by atoms with Crippen molar-refractivity contribution in [3.63, 3.8) is 0 Å². The molecule has 0 aliphatic heterocycles. The molecule has 1 aromatic carbocycles. The number of hydrogen-bond donors (Lipinski definition) is 0. The molecule has 0 atom stereocenters. The van der Waals surface area contributed by atoms with E-state index in [1.807, 2.05) is 24.3 Å². The lowest BCUT2D eigenvalue weighted by atomic mass is 10.0. The van der Waals surface area contributed by atoms with Gasteiger partial charge in [0.05, 0.1) is 38.9 Å². The van der Waals surface area contributed by atoms with Gasteiger partial charge in [-0.2, -0.15) is 0 Å². The highest BCUT2D eigenvalue weighted by atomic mass is 16.5. The number of hydrogen-bond acceptors (Lipinski definition) is 3. The molecular weight excluding hydrogens is 562 g/mol. The van der Waals surface area contributed by atoms with Gasteiger partial charge in [-0.15, -0.1) is 0 Å². The topological polar surface area (TPSA) is 35.0 Å². The van der Waals surface area contributed by atoms with Crippen LogP contribution in [0.3, 0.4) is 0 Å². The molecule has 0 radical (unpaired) electrons. The minimum atomic E-state index is 0.668. The van der Waals surface area contributed by atoms with Gasteiger partial charge in [0.25, 0.3) is 0 Å². The average molecular weight is 621 g/mol. The summed E-state index contributed by atoms with van der Waals surface area (Å²) >= 11 is 0. The van der Waals surface area contributed by atoms with Gasteiger partial charge in [0, 0.05) is 41.5 Å². The quantitative estimate of drug-likeness (QED) is 0.0716. The minimum absolute atomic E-state index is 0.668. The van der Waals surface area contributed by atoms with Crippen LogP contribution in [-0.4, -0.2) is 42.2 Å². The number of aromatic nitrogens is 2. The summed E-state index contributed by atoms with van der Waals surface area (Å²) in [4.78, 5) is 8.26. The lowest BCUT2D eigenvalue weighted by Gasteiger charge is -2.24. The summed E-state index contributed by atoms with van der Waals surface area (Å²) in [6, 6.07) is 12.1. The van der Waals surface area contributed by atoms with E-state index in [2.05, 4.69) is 73.8 Å². The highest BCUT2D eigenvalue weighted by Crippen LogP contribution is 2.27. The zero-order chi connectivity index (χ0) is 32.7. The maximum Gasteiger partial charge on any atom is 0.150 e. The Bertz CT molecular complexity index is 1290. The molecule has 0 spiro atoms. The minimum Gasteiger partial charge on any atom is -0.491 e. The van der Waals surface area contributed by atoms with Crippen molar-refractivity contribution in [3.8, 4) is 29.4 Å². The van der Waals surface area contributed by atoms with Crippen molar-refractivity contribution in [1.29, 1.82) is 0 Å². The summed E-state index contributed by atoms with van der Waals surface area (Å²) in [5.74, 6) is 14.3. The summed E-state index contributed by atoms with van der Waals surface area (Å²) in [7, 11) is 6.60. The molecule has 0 N–H and O–H groups in total. The largest absolute Gasteiger partial charge is 0.491 e. The zero-order valence-corrected chi connectivity index (χ0v) is 29.3. The number of quaternary nitrogens is 1. The Morgan fingerprint density at radius 2 is 0.935 bits per heavy atom. The summed E-state index contributed by atoms with van der Waals surface area (Å²) in [6.07, 6.45) is 28.8. The van der Waals surface area contributed by atoms with Crippen LogP contribution in [0.5, 0.6) is 5.75 Å². The van der Waals surface area contributed by atoms with Gasteiger partial charge >= 0.3 is 0 Å². The van der Waals surface area contributed by atoms with Crippen molar-refractivity contribution in [2.75, 3.05) is 27.7 Å². The Morgan fingerprint density at radius 1 is 0.543 bits per heavy atom. The third-order valence-corrected chi connectivity index (χ3v) is 8.09. The molecule has 2 heterocycles. The monoisotopic (exact) mass is 620 g/mol. The number of rotatable bonds is 20. The molecule has 0 fully saturated rings. The molecule has 246 valence electrons. The van der Waals surface area contributed by atoms with E-state index in [-0.39, 0.29) is 0 Å². The first-order valence-corrected chi connectivity index (χ1v) is 17.9. The third kappa shape index (κ3) is 16.1. The molecule has 3 rings (SSSR count). The van der Waals surface area contributed by atoms with Crippen molar-refractivity contribution in [2.45, 2.75) is 116 Å².